The van der Waals surface area contributed by atoms with E-state index in [1.165, 1.54) is 0 Å². The summed E-state index contributed by atoms with van der Waals surface area (Å²) >= 11 is 6.13. The average Bonchev–Trinajstić information content (AvgIpc) is 2.78. The zero-order chi connectivity index (χ0) is 18.4. The third kappa shape index (κ3) is 3.05. The zero-order valence-corrected chi connectivity index (χ0v) is 15.4. The molecule has 0 saturated heterocycles. The number of benzene rings is 2. The fourth-order valence-corrected chi connectivity index (χ4v) is 3.04. The molecular formula is C19H21ClN2O3. The van der Waals surface area contributed by atoms with E-state index in [9.17, 15) is 5.11 Å². The lowest BCUT2D eigenvalue weighted by molar-refractivity contribution is 0.112. The van der Waals surface area contributed by atoms with Gasteiger partial charge in [0, 0.05) is 16.1 Å². The molecule has 1 heterocycles. The van der Waals surface area contributed by atoms with Gasteiger partial charge >= 0.3 is 0 Å². The number of methoxy groups -OCH3 is 1. The van der Waals surface area contributed by atoms with Gasteiger partial charge in [-0.15, -0.1) is 0 Å². The maximum Gasteiger partial charge on any atom is 0.178 e. The number of rotatable bonds is 3. The van der Waals surface area contributed by atoms with Gasteiger partial charge in [-0.25, -0.2) is 4.99 Å². The lowest BCUT2D eigenvalue weighted by Crippen LogP contribution is -2.40. The Kier molecular flexibility index (Phi) is 4.17. The Bertz CT molecular complexity index is 858. The van der Waals surface area contributed by atoms with Gasteiger partial charge in [-0.2, -0.15) is 0 Å². The zero-order valence-electron chi connectivity index (χ0n) is 14.6. The lowest BCUT2D eigenvalue weighted by Gasteiger charge is -2.30. The number of aliphatic hydroxyl groups is 1. The predicted molar refractivity (Wildman–Crippen MR) is 99.1 cm³/mol. The summed E-state index contributed by atoms with van der Waals surface area (Å²) in [5.41, 5.74) is 5.59. The molecule has 0 spiro atoms. The number of halogens is 1. The molecule has 5 nitrogen and oxygen atoms in total. The van der Waals surface area contributed by atoms with Crippen molar-refractivity contribution in [3.05, 3.63) is 52.5 Å². The molecule has 6 heteroatoms. The topological polar surface area (TPSA) is 77.1 Å². The SMILES string of the molecule is COc1ccc(OC(C)(C)C)c(C2(O)C(N)=Nc3ccc(Cl)cc32)c1. The number of nitrogens with zero attached hydrogens (tertiary/aromatic N) is 1. The van der Waals surface area contributed by atoms with Gasteiger partial charge in [-0.3, -0.25) is 0 Å². The van der Waals surface area contributed by atoms with Crippen LogP contribution in [0.15, 0.2) is 41.4 Å². The standard InChI is InChI=1S/C19H21ClN2O3/c1-18(2,3)25-16-8-6-12(24-4)10-14(16)19(23)13-9-11(20)5-7-15(13)22-17(19)21/h5-10,23H,1-4H3,(H2,21,22). The highest BCUT2D eigenvalue weighted by Gasteiger charge is 2.45. The summed E-state index contributed by atoms with van der Waals surface area (Å²) in [5.74, 6) is 1.14. The van der Waals surface area contributed by atoms with Crippen molar-refractivity contribution < 1.29 is 14.6 Å². The number of amidine groups is 1. The summed E-state index contributed by atoms with van der Waals surface area (Å²) in [6, 6.07) is 10.3. The van der Waals surface area contributed by atoms with E-state index in [-0.39, 0.29) is 5.84 Å². The molecule has 1 aliphatic rings. The van der Waals surface area contributed by atoms with Crippen molar-refractivity contribution in [3.8, 4) is 11.5 Å². The first-order chi connectivity index (χ1) is 11.6. The Balaban J connectivity index is 2.25. The summed E-state index contributed by atoms with van der Waals surface area (Å²) in [4.78, 5) is 4.31. The molecule has 0 fully saturated rings. The molecule has 3 N–H and O–H groups in total. The Labute approximate surface area is 152 Å². The van der Waals surface area contributed by atoms with Gasteiger partial charge in [0.1, 0.15) is 22.9 Å². The minimum absolute atomic E-state index is 0.0665. The highest BCUT2D eigenvalue weighted by atomic mass is 35.5. The molecule has 1 unspecified atom stereocenters. The molecular weight excluding hydrogens is 340 g/mol. The molecule has 0 saturated carbocycles. The average molecular weight is 361 g/mol. The van der Waals surface area contributed by atoms with E-state index < -0.39 is 11.2 Å². The van der Waals surface area contributed by atoms with Crippen molar-refractivity contribution >= 4 is 23.1 Å². The molecule has 132 valence electrons. The Hall–Kier alpha value is -2.24. The normalized spacial score (nSPS) is 19.4. The molecule has 1 aliphatic heterocycles. The molecule has 2 aromatic rings. The van der Waals surface area contributed by atoms with Gasteiger partial charge in [-0.05, 0) is 57.2 Å². The van der Waals surface area contributed by atoms with Gasteiger partial charge in [0.05, 0.1) is 12.8 Å². The number of ether oxygens (including phenoxy) is 2. The van der Waals surface area contributed by atoms with Crippen molar-refractivity contribution in [1.82, 2.24) is 0 Å². The fraction of sp³-hybridized carbons (Fsp3) is 0.316. The fourth-order valence-electron chi connectivity index (χ4n) is 2.86. The van der Waals surface area contributed by atoms with E-state index in [0.717, 1.165) is 0 Å². The van der Waals surface area contributed by atoms with Crippen molar-refractivity contribution in [2.75, 3.05) is 7.11 Å². The van der Waals surface area contributed by atoms with Crippen LogP contribution in [0.3, 0.4) is 0 Å². The van der Waals surface area contributed by atoms with Crippen LogP contribution in [0.5, 0.6) is 11.5 Å². The molecule has 2 aromatic carbocycles. The first kappa shape index (κ1) is 17.6. The van der Waals surface area contributed by atoms with Gasteiger partial charge in [0.2, 0.25) is 0 Å². The van der Waals surface area contributed by atoms with Crippen LogP contribution in [0.25, 0.3) is 0 Å². The second-order valence-corrected chi connectivity index (χ2v) is 7.38. The molecule has 3 rings (SSSR count). The van der Waals surface area contributed by atoms with Gasteiger partial charge < -0.3 is 20.3 Å². The monoisotopic (exact) mass is 360 g/mol. The second-order valence-electron chi connectivity index (χ2n) is 6.95. The molecule has 1 atom stereocenters. The highest BCUT2D eigenvalue weighted by Crippen LogP contribution is 2.47. The predicted octanol–water partition coefficient (Wildman–Crippen LogP) is 3.76. The highest BCUT2D eigenvalue weighted by molar-refractivity contribution is 6.30. The molecule has 0 radical (unpaired) electrons. The first-order valence-corrected chi connectivity index (χ1v) is 8.27. The Morgan fingerprint density at radius 3 is 2.48 bits per heavy atom. The van der Waals surface area contributed by atoms with Crippen LogP contribution >= 0.6 is 11.6 Å². The van der Waals surface area contributed by atoms with Gasteiger partial charge in [0.25, 0.3) is 0 Å². The van der Waals surface area contributed by atoms with Crippen molar-refractivity contribution in [1.29, 1.82) is 0 Å². The summed E-state index contributed by atoms with van der Waals surface area (Å²) < 4.78 is 11.4. The Morgan fingerprint density at radius 1 is 1.12 bits per heavy atom. The van der Waals surface area contributed by atoms with Crippen LogP contribution in [0.2, 0.25) is 5.02 Å². The van der Waals surface area contributed by atoms with E-state index in [0.29, 0.717) is 33.3 Å². The minimum atomic E-state index is -1.64. The van der Waals surface area contributed by atoms with Crippen LogP contribution in [0, 0.1) is 0 Å². The van der Waals surface area contributed by atoms with E-state index in [4.69, 9.17) is 26.8 Å². The first-order valence-electron chi connectivity index (χ1n) is 7.90. The smallest absolute Gasteiger partial charge is 0.178 e. The van der Waals surface area contributed by atoms with Crippen molar-refractivity contribution in [2.24, 2.45) is 10.7 Å². The third-order valence-electron chi connectivity index (χ3n) is 3.95. The molecule has 0 aromatic heterocycles. The van der Waals surface area contributed by atoms with Crippen LogP contribution < -0.4 is 15.2 Å². The quantitative estimate of drug-likeness (QED) is 0.873. The summed E-state index contributed by atoms with van der Waals surface area (Å²) in [6.07, 6.45) is 0. The minimum Gasteiger partial charge on any atom is -0.497 e. The van der Waals surface area contributed by atoms with E-state index in [1.54, 1.807) is 43.5 Å². The maximum atomic E-state index is 11.6. The summed E-state index contributed by atoms with van der Waals surface area (Å²) in [5, 5.41) is 12.0. The Morgan fingerprint density at radius 2 is 1.84 bits per heavy atom. The summed E-state index contributed by atoms with van der Waals surface area (Å²) in [6.45, 7) is 5.80. The van der Waals surface area contributed by atoms with Crippen molar-refractivity contribution in [2.45, 2.75) is 32.0 Å². The third-order valence-corrected chi connectivity index (χ3v) is 4.19. The number of nitrogens with two attached hydrogens (primary N) is 1. The lowest BCUT2D eigenvalue weighted by atomic mass is 9.85. The van der Waals surface area contributed by atoms with Crippen LogP contribution in [0.4, 0.5) is 5.69 Å². The number of fused-ring (bicyclic) bond motifs is 1. The van der Waals surface area contributed by atoms with Crippen LogP contribution in [-0.4, -0.2) is 23.7 Å². The molecule has 0 aliphatic carbocycles. The number of hydrogen-bond acceptors (Lipinski definition) is 5. The van der Waals surface area contributed by atoms with Crippen LogP contribution in [-0.2, 0) is 5.60 Å². The van der Waals surface area contributed by atoms with E-state index >= 15 is 0 Å². The van der Waals surface area contributed by atoms with E-state index in [1.807, 2.05) is 20.8 Å². The van der Waals surface area contributed by atoms with E-state index in [2.05, 4.69) is 4.99 Å². The van der Waals surface area contributed by atoms with Gasteiger partial charge in [-0.1, -0.05) is 11.6 Å². The largest absolute Gasteiger partial charge is 0.497 e. The molecule has 25 heavy (non-hydrogen) atoms. The van der Waals surface area contributed by atoms with Gasteiger partial charge in [0.15, 0.2) is 5.60 Å². The van der Waals surface area contributed by atoms with Crippen LogP contribution in [0.1, 0.15) is 31.9 Å². The maximum absolute atomic E-state index is 11.6. The van der Waals surface area contributed by atoms with Crippen molar-refractivity contribution in [3.63, 3.8) is 0 Å². The molecule has 0 amide bonds. The molecule has 0 bridgehead atoms. The number of aliphatic imine (C=N–C) groups is 1. The second kappa shape index (κ2) is 5.93. The summed E-state index contributed by atoms with van der Waals surface area (Å²) in [7, 11) is 1.56. The number of hydrogen-bond donors (Lipinski definition) is 2.